The molecule has 0 bridgehead atoms. The van der Waals surface area contributed by atoms with Crippen LogP contribution >= 0.6 is 0 Å². The van der Waals surface area contributed by atoms with Crippen LogP contribution in [0.3, 0.4) is 0 Å². The van der Waals surface area contributed by atoms with Crippen molar-refractivity contribution in [1.29, 1.82) is 0 Å². The minimum absolute atomic E-state index is 0.000467. The molecule has 2 rings (SSSR count). The third-order valence-electron chi connectivity index (χ3n) is 10.7. The Morgan fingerprint density at radius 1 is 0.943 bits per heavy atom. The van der Waals surface area contributed by atoms with Gasteiger partial charge in [0.05, 0.1) is 42.7 Å². The minimum Gasteiger partial charge on any atom is -0.379 e. The Bertz CT molecular complexity index is 1340. The number of likely N-dealkylation sites (N-methyl/N-ethyl adjacent to an activating group) is 2. The van der Waals surface area contributed by atoms with Crippen LogP contribution in [-0.4, -0.2) is 135 Å². The Balaban J connectivity index is 2.27. The van der Waals surface area contributed by atoms with E-state index in [1.165, 1.54) is 14.2 Å². The summed E-state index contributed by atoms with van der Waals surface area (Å²) in [6, 6.07) is 5.33. The Morgan fingerprint density at radius 2 is 1.57 bits per heavy atom. The number of primary amides is 1. The molecule has 14 heteroatoms. The first-order chi connectivity index (χ1) is 24.9. The molecule has 300 valence electrons. The van der Waals surface area contributed by atoms with Gasteiger partial charge in [0.25, 0.3) is 0 Å². The van der Waals surface area contributed by atoms with Crippen LogP contribution in [-0.2, 0) is 39.9 Å². The van der Waals surface area contributed by atoms with E-state index in [9.17, 15) is 24.0 Å². The fourth-order valence-electron chi connectivity index (χ4n) is 7.69. The van der Waals surface area contributed by atoms with Crippen molar-refractivity contribution in [2.45, 2.75) is 122 Å². The van der Waals surface area contributed by atoms with Gasteiger partial charge >= 0.3 is 0 Å². The molecule has 1 heterocycles. The van der Waals surface area contributed by atoms with E-state index in [-0.39, 0.29) is 42.4 Å². The lowest BCUT2D eigenvalue weighted by atomic mass is 9.89. The van der Waals surface area contributed by atoms with Crippen molar-refractivity contribution in [3.05, 3.63) is 35.9 Å². The quantitative estimate of drug-likeness (QED) is 0.145. The highest BCUT2D eigenvalue weighted by atomic mass is 16.5. The van der Waals surface area contributed by atoms with Gasteiger partial charge in [0, 0.05) is 40.3 Å². The highest BCUT2D eigenvalue weighted by Gasteiger charge is 2.43. The van der Waals surface area contributed by atoms with Gasteiger partial charge in [-0.25, -0.2) is 0 Å². The Kier molecular flexibility index (Phi) is 18.3. The lowest BCUT2D eigenvalue weighted by Gasteiger charge is -2.41. The van der Waals surface area contributed by atoms with Crippen molar-refractivity contribution in [2.24, 2.45) is 29.2 Å². The van der Waals surface area contributed by atoms with E-state index in [1.54, 1.807) is 30.7 Å². The fourth-order valence-corrected chi connectivity index (χ4v) is 7.69. The first-order valence-corrected chi connectivity index (χ1v) is 18.9. The summed E-state index contributed by atoms with van der Waals surface area (Å²) in [5, 5.41) is 5.70. The van der Waals surface area contributed by atoms with Crippen LogP contribution < -0.4 is 22.1 Å². The molecule has 6 N–H and O–H groups in total. The SMILES string of the molecule is CC[C@H](C)[C@@H]([C@@H](CC(=O)N1CCC[C@H]1[C@H](OC)[C@@H](C)C(=O)N[C@@H](Cc1ccccc1)C(N)=O)OC)N(C)C(=O)[C@@H](NC(=O)C(C(C)C)N(C)C)[C@H](C)N. The molecule has 53 heavy (non-hydrogen) atoms. The number of methoxy groups -OCH3 is 2. The second-order valence-corrected chi connectivity index (χ2v) is 15.2. The average molecular weight is 746 g/mol. The number of nitrogens with zero attached hydrogens (tertiary/aromatic N) is 3. The van der Waals surface area contributed by atoms with Gasteiger partial charge in [-0.1, -0.05) is 71.4 Å². The van der Waals surface area contributed by atoms with E-state index in [4.69, 9.17) is 20.9 Å². The number of benzene rings is 1. The third kappa shape index (κ3) is 12.2. The molecule has 0 saturated carbocycles. The summed E-state index contributed by atoms with van der Waals surface area (Å²) in [5.41, 5.74) is 12.8. The van der Waals surface area contributed by atoms with Crippen LogP contribution in [0, 0.1) is 17.8 Å². The molecule has 0 aliphatic carbocycles. The van der Waals surface area contributed by atoms with Gasteiger partial charge in [0.2, 0.25) is 29.5 Å². The van der Waals surface area contributed by atoms with E-state index < -0.39 is 66.2 Å². The van der Waals surface area contributed by atoms with Gasteiger partial charge in [-0.05, 0) is 51.3 Å². The Morgan fingerprint density at radius 3 is 2.06 bits per heavy atom. The van der Waals surface area contributed by atoms with Crippen LogP contribution in [0.5, 0.6) is 0 Å². The lowest BCUT2D eigenvalue weighted by molar-refractivity contribution is -0.147. The largest absolute Gasteiger partial charge is 0.379 e. The van der Waals surface area contributed by atoms with Gasteiger partial charge in [-0.3, -0.25) is 28.9 Å². The van der Waals surface area contributed by atoms with Crippen molar-refractivity contribution >= 4 is 29.5 Å². The molecule has 1 aromatic rings. The zero-order chi connectivity index (χ0) is 40.2. The Labute approximate surface area is 317 Å². The summed E-state index contributed by atoms with van der Waals surface area (Å²) >= 11 is 0. The second kappa shape index (κ2) is 21.3. The number of likely N-dealkylation sites (tertiary alicyclic amines) is 1. The third-order valence-corrected chi connectivity index (χ3v) is 10.7. The van der Waals surface area contributed by atoms with E-state index in [1.807, 2.05) is 77.0 Å². The average Bonchev–Trinajstić information content (AvgIpc) is 3.59. The first-order valence-electron chi connectivity index (χ1n) is 18.9. The summed E-state index contributed by atoms with van der Waals surface area (Å²) in [6.07, 6.45) is 0.918. The van der Waals surface area contributed by atoms with Crippen molar-refractivity contribution in [1.82, 2.24) is 25.3 Å². The molecule has 1 saturated heterocycles. The van der Waals surface area contributed by atoms with Crippen molar-refractivity contribution < 1.29 is 33.4 Å². The van der Waals surface area contributed by atoms with Gasteiger partial charge in [0.15, 0.2) is 0 Å². The number of hydrogen-bond acceptors (Lipinski definition) is 9. The number of hydrogen-bond donors (Lipinski definition) is 4. The Hall–Kier alpha value is -3.59. The zero-order valence-corrected chi connectivity index (χ0v) is 33.8. The zero-order valence-electron chi connectivity index (χ0n) is 33.8. The van der Waals surface area contributed by atoms with Crippen LogP contribution in [0.25, 0.3) is 0 Å². The molecule has 0 radical (unpaired) electrons. The number of ether oxygens (including phenoxy) is 2. The monoisotopic (exact) mass is 746 g/mol. The summed E-state index contributed by atoms with van der Waals surface area (Å²) < 4.78 is 11.9. The van der Waals surface area contributed by atoms with Gasteiger partial charge in [-0.15, -0.1) is 0 Å². The molecule has 1 aliphatic heterocycles. The number of carbonyl (C=O) groups excluding carboxylic acids is 5. The minimum atomic E-state index is -0.992. The predicted molar refractivity (Wildman–Crippen MR) is 205 cm³/mol. The van der Waals surface area contributed by atoms with Gasteiger partial charge in [-0.2, -0.15) is 0 Å². The highest BCUT2D eigenvalue weighted by Crippen LogP contribution is 2.29. The van der Waals surface area contributed by atoms with E-state index in [0.717, 1.165) is 5.56 Å². The number of rotatable bonds is 21. The lowest BCUT2D eigenvalue weighted by Crippen LogP contribution is -2.62. The van der Waals surface area contributed by atoms with Gasteiger partial charge < -0.3 is 41.4 Å². The summed E-state index contributed by atoms with van der Waals surface area (Å²) in [5.74, 6) is -2.67. The predicted octanol–water partition coefficient (Wildman–Crippen LogP) is 1.54. The summed E-state index contributed by atoms with van der Waals surface area (Å²) in [6.45, 7) is 11.8. The number of nitrogens with one attached hydrogen (secondary N) is 2. The fraction of sp³-hybridized carbons (Fsp3) is 0.718. The molecule has 5 amide bonds. The van der Waals surface area contributed by atoms with E-state index >= 15 is 0 Å². The van der Waals surface area contributed by atoms with Crippen molar-refractivity contribution in [3.63, 3.8) is 0 Å². The molecule has 10 atom stereocenters. The molecule has 1 aliphatic rings. The van der Waals surface area contributed by atoms with Gasteiger partial charge in [0.1, 0.15) is 12.1 Å². The van der Waals surface area contributed by atoms with Crippen molar-refractivity contribution in [3.8, 4) is 0 Å². The molecular formula is C39H67N7O7. The van der Waals surface area contributed by atoms with E-state index in [0.29, 0.717) is 25.8 Å². The van der Waals surface area contributed by atoms with Crippen LogP contribution in [0.4, 0.5) is 0 Å². The van der Waals surface area contributed by atoms with Crippen LogP contribution in [0.2, 0.25) is 0 Å². The van der Waals surface area contributed by atoms with Crippen molar-refractivity contribution in [2.75, 3.05) is 41.9 Å². The number of nitrogens with two attached hydrogens (primary N) is 2. The smallest absolute Gasteiger partial charge is 0.246 e. The summed E-state index contributed by atoms with van der Waals surface area (Å²) in [4.78, 5) is 72.6. The molecule has 1 unspecified atom stereocenters. The number of amides is 5. The van der Waals surface area contributed by atoms with Crippen LogP contribution in [0.1, 0.15) is 72.8 Å². The first kappa shape index (κ1) is 45.6. The standard InChI is InChI=1S/C39H67N7O7/c1-12-24(4)34(45(9)39(51)32(26(6)40)43-38(50)33(23(2)3)44(7)8)30(52-10)22-31(47)46-20-16-19-29(46)35(53-11)25(5)37(49)42-28(36(41)48)21-27-17-14-13-15-18-27/h13-15,17-18,23-26,28-30,32-35H,12,16,19-22,40H2,1-11H3,(H2,41,48)(H,42,49)(H,43,50)/t24-,25+,26-,28-,29-,30+,32-,33?,34-,35+/m0/s1. The summed E-state index contributed by atoms with van der Waals surface area (Å²) in [7, 11) is 8.34. The van der Waals surface area contributed by atoms with Crippen LogP contribution in [0.15, 0.2) is 30.3 Å². The van der Waals surface area contributed by atoms with E-state index in [2.05, 4.69) is 10.6 Å². The molecular weight excluding hydrogens is 678 g/mol. The number of carbonyl (C=O) groups is 5. The second-order valence-electron chi connectivity index (χ2n) is 15.2. The maximum Gasteiger partial charge on any atom is 0.246 e. The maximum atomic E-state index is 14.1. The molecule has 0 spiro atoms. The molecule has 1 fully saturated rings. The molecule has 0 aromatic heterocycles. The topological polar surface area (TPSA) is 190 Å². The maximum absolute atomic E-state index is 14.1. The normalized spacial score (nSPS) is 19.7. The highest BCUT2D eigenvalue weighted by molar-refractivity contribution is 5.91. The molecule has 14 nitrogen and oxygen atoms in total. The molecule has 1 aromatic carbocycles.